The van der Waals surface area contributed by atoms with Gasteiger partial charge in [-0.25, -0.2) is 0 Å². The van der Waals surface area contributed by atoms with Crippen LogP contribution in [0.1, 0.15) is 19.8 Å². The molecule has 0 heterocycles. The standard InChI is InChI=1S/C5H10O3.H3N/c1-2-4(6)3-5(7)8;/h4,6H,2-3H2,1H3,(H,7,8);1H3. The van der Waals surface area contributed by atoms with Gasteiger partial charge in [-0.05, 0) is 6.42 Å². The van der Waals surface area contributed by atoms with Gasteiger partial charge in [0.2, 0.25) is 0 Å². The molecule has 4 heteroatoms. The molecule has 0 spiro atoms. The monoisotopic (exact) mass is 135 g/mol. The van der Waals surface area contributed by atoms with E-state index in [0.29, 0.717) is 6.42 Å². The van der Waals surface area contributed by atoms with Gasteiger partial charge in [-0.1, -0.05) is 6.92 Å². The van der Waals surface area contributed by atoms with Crippen LogP contribution in [0.2, 0.25) is 0 Å². The van der Waals surface area contributed by atoms with E-state index >= 15 is 0 Å². The highest BCUT2D eigenvalue weighted by molar-refractivity contribution is 5.67. The largest absolute Gasteiger partial charge is 0.481 e. The fourth-order valence-electron chi connectivity index (χ4n) is 0.346. The predicted octanol–water partition coefficient (Wildman–Crippen LogP) is 0.394. The maximum Gasteiger partial charge on any atom is 0.305 e. The van der Waals surface area contributed by atoms with E-state index in [0.717, 1.165) is 0 Å². The van der Waals surface area contributed by atoms with Crippen LogP contribution in [0.15, 0.2) is 0 Å². The molecule has 0 aliphatic heterocycles. The minimum atomic E-state index is -0.945. The lowest BCUT2D eigenvalue weighted by molar-refractivity contribution is -0.139. The molecule has 0 aromatic carbocycles. The van der Waals surface area contributed by atoms with Crippen LogP contribution in [0, 0.1) is 0 Å². The minimum absolute atomic E-state index is 0. The summed E-state index contributed by atoms with van der Waals surface area (Å²) in [6.07, 6.45) is -0.310. The Hall–Kier alpha value is -0.610. The molecule has 0 radical (unpaired) electrons. The molecular formula is C5H13NO3. The number of rotatable bonds is 3. The Bertz CT molecular complexity index is 84.3. The van der Waals surface area contributed by atoms with Crippen molar-refractivity contribution >= 4 is 5.97 Å². The first-order valence-corrected chi connectivity index (χ1v) is 2.56. The van der Waals surface area contributed by atoms with Gasteiger partial charge in [-0.2, -0.15) is 0 Å². The Morgan fingerprint density at radius 2 is 2.11 bits per heavy atom. The zero-order chi connectivity index (χ0) is 6.57. The summed E-state index contributed by atoms with van der Waals surface area (Å²) < 4.78 is 0. The van der Waals surface area contributed by atoms with Crippen molar-refractivity contribution in [2.45, 2.75) is 25.9 Å². The smallest absolute Gasteiger partial charge is 0.305 e. The quantitative estimate of drug-likeness (QED) is 0.522. The Labute approximate surface area is 54.1 Å². The second-order valence-corrected chi connectivity index (χ2v) is 1.66. The summed E-state index contributed by atoms with van der Waals surface area (Å²) in [7, 11) is 0. The van der Waals surface area contributed by atoms with Crippen LogP contribution in [-0.2, 0) is 4.79 Å². The average Bonchev–Trinajstić information content (AvgIpc) is 1.65. The van der Waals surface area contributed by atoms with Gasteiger partial charge in [0, 0.05) is 0 Å². The molecular weight excluding hydrogens is 122 g/mol. The third-order valence-electron chi connectivity index (χ3n) is 0.881. The maximum atomic E-state index is 9.81. The van der Waals surface area contributed by atoms with Gasteiger partial charge in [-0.3, -0.25) is 4.79 Å². The van der Waals surface area contributed by atoms with E-state index in [2.05, 4.69) is 0 Å². The summed E-state index contributed by atoms with van der Waals surface area (Å²) >= 11 is 0. The number of hydrogen-bond acceptors (Lipinski definition) is 3. The van der Waals surface area contributed by atoms with E-state index in [1.165, 1.54) is 0 Å². The molecule has 0 saturated heterocycles. The highest BCUT2D eigenvalue weighted by Gasteiger charge is 2.04. The molecule has 0 bridgehead atoms. The van der Waals surface area contributed by atoms with Crippen molar-refractivity contribution in [3.8, 4) is 0 Å². The Morgan fingerprint density at radius 3 is 2.22 bits per heavy atom. The number of hydrogen-bond donors (Lipinski definition) is 3. The first-order chi connectivity index (χ1) is 3.66. The van der Waals surface area contributed by atoms with Crippen LogP contribution >= 0.6 is 0 Å². The molecule has 0 aliphatic carbocycles. The van der Waals surface area contributed by atoms with E-state index < -0.39 is 12.1 Å². The molecule has 0 rings (SSSR count). The van der Waals surface area contributed by atoms with Gasteiger partial charge < -0.3 is 16.4 Å². The lowest BCUT2D eigenvalue weighted by Gasteiger charge is -2.00. The first-order valence-electron chi connectivity index (χ1n) is 2.56. The summed E-state index contributed by atoms with van der Waals surface area (Å²) in [6, 6.07) is 0. The van der Waals surface area contributed by atoms with Crippen LogP contribution in [-0.4, -0.2) is 22.3 Å². The maximum absolute atomic E-state index is 9.81. The Morgan fingerprint density at radius 1 is 1.67 bits per heavy atom. The van der Waals surface area contributed by atoms with Crippen LogP contribution in [0.3, 0.4) is 0 Å². The number of carboxylic acids is 1. The van der Waals surface area contributed by atoms with Crippen molar-refractivity contribution < 1.29 is 15.0 Å². The molecule has 4 nitrogen and oxygen atoms in total. The van der Waals surface area contributed by atoms with Crippen molar-refractivity contribution in [1.29, 1.82) is 0 Å². The van der Waals surface area contributed by atoms with E-state index in [1.54, 1.807) is 6.92 Å². The van der Waals surface area contributed by atoms with Gasteiger partial charge in [-0.15, -0.1) is 0 Å². The lowest BCUT2D eigenvalue weighted by Crippen LogP contribution is -2.10. The van der Waals surface area contributed by atoms with Gasteiger partial charge in [0.25, 0.3) is 0 Å². The highest BCUT2D eigenvalue weighted by Crippen LogP contribution is 1.94. The summed E-state index contributed by atoms with van der Waals surface area (Å²) in [5.74, 6) is -0.945. The zero-order valence-electron chi connectivity index (χ0n) is 5.50. The molecule has 56 valence electrons. The second-order valence-electron chi connectivity index (χ2n) is 1.66. The second kappa shape index (κ2) is 5.53. The van der Waals surface area contributed by atoms with Crippen molar-refractivity contribution in [2.75, 3.05) is 0 Å². The van der Waals surface area contributed by atoms with E-state index in [9.17, 15) is 4.79 Å². The van der Waals surface area contributed by atoms with Crippen LogP contribution in [0.5, 0.6) is 0 Å². The predicted molar refractivity (Wildman–Crippen MR) is 33.6 cm³/mol. The molecule has 0 aromatic heterocycles. The molecule has 9 heavy (non-hydrogen) atoms. The lowest BCUT2D eigenvalue weighted by atomic mass is 10.2. The van der Waals surface area contributed by atoms with Gasteiger partial charge in [0.15, 0.2) is 0 Å². The third-order valence-corrected chi connectivity index (χ3v) is 0.881. The fraction of sp³-hybridized carbons (Fsp3) is 0.800. The van der Waals surface area contributed by atoms with Crippen molar-refractivity contribution in [3.63, 3.8) is 0 Å². The molecule has 0 amide bonds. The summed E-state index contributed by atoms with van der Waals surface area (Å²) in [5.41, 5.74) is 0. The summed E-state index contributed by atoms with van der Waals surface area (Å²) in [5, 5.41) is 16.7. The van der Waals surface area contributed by atoms with Crippen LogP contribution in [0.4, 0.5) is 0 Å². The molecule has 5 N–H and O–H groups in total. The minimum Gasteiger partial charge on any atom is -0.481 e. The highest BCUT2D eigenvalue weighted by atomic mass is 16.4. The molecule has 0 saturated carbocycles. The van der Waals surface area contributed by atoms with Gasteiger partial charge >= 0.3 is 5.97 Å². The van der Waals surface area contributed by atoms with Crippen LogP contribution in [0.25, 0.3) is 0 Å². The Balaban J connectivity index is 0. The first kappa shape index (κ1) is 11.2. The number of carbonyl (C=O) groups is 1. The van der Waals surface area contributed by atoms with Crippen molar-refractivity contribution in [2.24, 2.45) is 0 Å². The van der Waals surface area contributed by atoms with E-state index in [1.807, 2.05) is 0 Å². The third kappa shape index (κ3) is 7.39. The Kier molecular flexibility index (Phi) is 6.89. The SMILES string of the molecule is CCC(O)CC(=O)O.N. The van der Waals surface area contributed by atoms with Crippen molar-refractivity contribution in [3.05, 3.63) is 0 Å². The summed E-state index contributed by atoms with van der Waals surface area (Å²) in [4.78, 5) is 9.81. The topological polar surface area (TPSA) is 92.5 Å². The number of aliphatic carboxylic acids is 1. The van der Waals surface area contributed by atoms with E-state index in [-0.39, 0.29) is 12.6 Å². The summed E-state index contributed by atoms with van der Waals surface area (Å²) in [6.45, 7) is 1.74. The molecule has 0 aromatic rings. The number of carboxylic acid groups (broad SMARTS) is 1. The normalized spacial score (nSPS) is 11.8. The number of aliphatic hydroxyl groups excluding tert-OH is 1. The number of aliphatic hydroxyl groups is 1. The zero-order valence-corrected chi connectivity index (χ0v) is 5.50. The van der Waals surface area contributed by atoms with Gasteiger partial charge in [0.1, 0.15) is 0 Å². The average molecular weight is 135 g/mol. The fourth-order valence-corrected chi connectivity index (χ4v) is 0.346. The molecule has 1 unspecified atom stereocenters. The molecule has 0 aliphatic rings. The van der Waals surface area contributed by atoms with Crippen LogP contribution < -0.4 is 6.15 Å². The van der Waals surface area contributed by atoms with Crippen molar-refractivity contribution in [1.82, 2.24) is 6.15 Å². The van der Waals surface area contributed by atoms with E-state index in [4.69, 9.17) is 10.2 Å². The molecule has 0 fully saturated rings. The molecule has 1 atom stereocenters. The van der Waals surface area contributed by atoms with Gasteiger partial charge in [0.05, 0.1) is 12.5 Å².